The Kier molecular flexibility index (Phi) is 4.42. The van der Waals surface area contributed by atoms with Gasteiger partial charge in [-0.1, -0.05) is 30.3 Å². The van der Waals surface area contributed by atoms with Crippen LogP contribution < -0.4 is 10.5 Å². The van der Waals surface area contributed by atoms with Crippen molar-refractivity contribution in [2.75, 3.05) is 13.4 Å². The Balaban J connectivity index is 1.77. The molecule has 0 bridgehead atoms. The van der Waals surface area contributed by atoms with Crippen molar-refractivity contribution in [3.63, 3.8) is 0 Å². The smallest absolute Gasteiger partial charge is 0.189 e. The van der Waals surface area contributed by atoms with Gasteiger partial charge in [0.2, 0.25) is 0 Å². The molecule has 0 amide bonds. The minimum atomic E-state index is 0.102. The van der Waals surface area contributed by atoms with Crippen LogP contribution in [-0.2, 0) is 11.2 Å². The third-order valence-corrected chi connectivity index (χ3v) is 3.87. The molecule has 1 aliphatic carbocycles. The Bertz CT molecular complexity index is 605. The van der Waals surface area contributed by atoms with Crippen LogP contribution in [0.15, 0.2) is 36.4 Å². The average Bonchev–Trinajstić information content (AvgIpc) is 3.29. The van der Waals surface area contributed by atoms with Crippen molar-refractivity contribution in [3.05, 3.63) is 42.0 Å². The Hall–Kier alpha value is -1.58. The second-order valence-corrected chi connectivity index (χ2v) is 6.02. The predicted molar refractivity (Wildman–Crippen MR) is 85.5 cm³/mol. The fourth-order valence-corrected chi connectivity index (χ4v) is 2.59. The second kappa shape index (κ2) is 6.46. The van der Waals surface area contributed by atoms with Crippen LogP contribution in [0, 0.1) is 5.92 Å². The minimum Gasteiger partial charge on any atom is -0.467 e. The van der Waals surface area contributed by atoms with Crippen molar-refractivity contribution in [3.8, 4) is 5.75 Å². The number of hydrogen-bond donors (Lipinski definition) is 1. The van der Waals surface area contributed by atoms with Crippen molar-refractivity contribution < 1.29 is 9.47 Å². The predicted octanol–water partition coefficient (Wildman–Crippen LogP) is 3.49. The highest BCUT2D eigenvalue weighted by Crippen LogP contribution is 2.30. The lowest BCUT2D eigenvalue weighted by atomic mass is 9.98. The SMILES string of the molecule is CC(N)Cc1c(OCOCC2CC2)ccc2ccccc12. The molecule has 2 aromatic carbocycles. The van der Waals surface area contributed by atoms with Gasteiger partial charge < -0.3 is 15.2 Å². The summed E-state index contributed by atoms with van der Waals surface area (Å²) in [4.78, 5) is 0. The number of ether oxygens (including phenoxy) is 2. The van der Waals surface area contributed by atoms with E-state index in [1.807, 2.05) is 13.0 Å². The molecule has 1 saturated carbocycles. The lowest BCUT2D eigenvalue weighted by Crippen LogP contribution is -2.19. The maximum absolute atomic E-state index is 6.00. The summed E-state index contributed by atoms with van der Waals surface area (Å²) < 4.78 is 11.4. The van der Waals surface area contributed by atoms with Crippen LogP contribution in [0.2, 0.25) is 0 Å². The highest BCUT2D eigenvalue weighted by atomic mass is 16.7. The molecule has 2 aromatic rings. The minimum absolute atomic E-state index is 0.102. The monoisotopic (exact) mass is 285 g/mol. The molecule has 1 fully saturated rings. The van der Waals surface area contributed by atoms with Crippen LogP contribution >= 0.6 is 0 Å². The van der Waals surface area contributed by atoms with Crippen molar-refractivity contribution in [2.45, 2.75) is 32.2 Å². The van der Waals surface area contributed by atoms with E-state index in [1.165, 1.54) is 29.2 Å². The molecule has 0 saturated heterocycles. The van der Waals surface area contributed by atoms with Crippen molar-refractivity contribution in [1.29, 1.82) is 0 Å². The molecule has 0 spiro atoms. The molecule has 0 aliphatic heterocycles. The van der Waals surface area contributed by atoms with Gasteiger partial charge in [-0.3, -0.25) is 0 Å². The normalized spacial score (nSPS) is 16.1. The van der Waals surface area contributed by atoms with Gasteiger partial charge >= 0.3 is 0 Å². The van der Waals surface area contributed by atoms with Gasteiger partial charge in [-0.05, 0) is 48.9 Å². The molecule has 1 unspecified atom stereocenters. The summed E-state index contributed by atoms with van der Waals surface area (Å²) in [5, 5.41) is 2.44. The zero-order valence-corrected chi connectivity index (χ0v) is 12.5. The van der Waals surface area contributed by atoms with Crippen LogP contribution in [0.5, 0.6) is 5.75 Å². The molecule has 21 heavy (non-hydrogen) atoms. The summed E-state index contributed by atoms with van der Waals surface area (Å²) in [6, 6.07) is 12.6. The van der Waals surface area contributed by atoms with Gasteiger partial charge in [-0.25, -0.2) is 0 Å². The van der Waals surface area contributed by atoms with Crippen LogP contribution in [0.4, 0.5) is 0 Å². The van der Waals surface area contributed by atoms with E-state index in [2.05, 4.69) is 30.3 Å². The largest absolute Gasteiger partial charge is 0.467 e. The summed E-state index contributed by atoms with van der Waals surface area (Å²) in [6.45, 7) is 3.16. The molecule has 0 heterocycles. The van der Waals surface area contributed by atoms with Gasteiger partial charge in [-0.15, -0.1) is 0 Å². The summed E-state index contributed by atoms with van der Waals surface area (Å²) in [5.74, 6) is 1.65. The first-order chi connectivity index (χ1) is 10.2. The number of rotatable bonds is 7. The van der Waals surface area contributed by atoms with Crippen molar-refractivity contribution >= 4 is 10.8 Å². The van der Waals surface area contributed by atoms with E-state index in [9.17, 15) is 0 Å². The van der Waals surface area contributed by atoms with Gasteiger partial charge in [0.15, 0.2) is 6.79 Å². The van der Waals surface area contributed by atoms with Crippen molar-refractivity contribution in [1.82, 2.24) is 0 Å². The zero-order chi connectivity index (χ0) is 14.7. The molecule has 3 heteroatoms. The highest BCUT2D eigenvalue weighted by Gasteiger charge is 2.21. The molecule has 1 aliphatic rings. The van der Waals surface area contributed by atoms with E-state index < -0.39 is 0 Å². The van der Waals surface area contributed by atoms with Gasteiger partial charge in [0, 0.05) is 11.6 Å². The highest BCUT2D eigenvalue weighted by molar-refractivity contribution is 5.87. The second-order valence-electron chi connectivity index (χ2n) is 6.02. The molecular formula is C18H23NO2. The number of benzene rings is 2. The third kappa shape index (κ3) is 3.74. The Morgan fingerprint density at radius 3 is 2.76 bits per heavy atom. The Morgan fingerprint density at radius 1 is 1.19 bits per heavy atom. The standard InChI is InChI=1S/C18H23NO2/c1-13(19)10-17-16-5-3-2-4-15(16)8-9-18(17)21-12-20-11-14-6-7-14/h2-5,8-9,13-14H,6-7,10-12,19H2,1H3. The van der Waals surface area contributed by atoms with E-state index >= 15 is 0 Å². The first-order valence-electron chi connectivity index (χ1n) is 7.71. The topological polar surface area (TPSA) is 44.5 Å². The number of fused-ring (bicyclic) bond motifs is 1. The molecule has 0 radical (unpaired) electrons. The summed E-state index contributed by atoms with van der Waals surface area (Å²) in [6.07, 6.45) is 3.40. The van der Waals surface area contributed by atoms with E-state index in [0.29, 0.717) is 6.79 Å². The Morgan fingerprint density at radius 2 is 2.00 bits per heavy atom. The number of hydrogen-bond acceptors (Lipinski definition) is 3. The van der Waals surface area contributed by atoms with E-state index in [0.717, 1.165) is 24.7 Å². The molecular weight excluding hydrogens is 262 g/mol. The van der Waals surface area contributed by atoms with E-state index in [4.69, 9.17) is 15.2 Å². The van der Waals surface area contributed by atoms with Crippen LogP contribution in [-0.4, -0.2) is 19.4 Å². The number of nitrogens with two attached hydrogens (primary N) is 1. The van der Waals surface area contributed by atoms with Gasteiger partial charge in [0.1, 0.15) is 5.75 Å². The van der Waals surface area contributed by atoms with E-state index in [-0.39, 0.29) is 6.04 Å². The van der Waals surface area contributed by atoms with Gasteiger partial charge in [0.05, 0.1) is 6.61 Å². The lowest BCUT2D eigenvalue weighted by molar-refractivity contribution is 0.00953. The van der Waals surface area contributed by atoms with Crippen LogP contribution in [0.25, 0.3) is 10.8 Å². The third-order valence-electron chi connectivity index (χ3n) is 3.87. The van der Waals surface area contributed by atoms with Crippen molar-refractivity contribution in [2.24, 2.45) is 11.7 Å². The quantitative estimate of drug-likeness (QED) is 0.625. The van der Waals surface area contributed by atoms with Gasteiger partial charge in [0.25, 0.3) is 0 Å². The summed E-state index contributed by atoms with van der Waals surface area (Å²) in [5.41, 5.74) is 7.18. The fourth-order valence-electron chi connectivity index (χ4n) is 2.59. The van der Waals surface area contributed by atoms with Crippen LogP contribution in [0.1, 0.15) is 25.3 Å². The summed E-state index contributed by atoms with van der Waals surface area (Å²) >= 11 is 0. The average molecular weight is 285 g/mol. The Labute approximate surface area is 126 Å². The first-order valence-corrected chi connectivity index (χ1v) is 7.71. The maximum atomic E-state index is 6.00. The fraction of sp³-hybridized carbons (Fsp3) is 0.444. The molecule has 3 rings (SSSR count). The zero-order valence-electron chi connectivity index (χ0n) is 12.5. The molecule has 2 N–H and O–H groups in total. The van der Waals surface area contributed by atoms with Crippen LogP contribution in [0.3, 0.4) is 0 Å². The molecule has 3 nitrogen and oxygen atoms in total. The van der Waals surface area contributed by atoms with Gasteiger partial charge in [-0.2, -0.15) is 0 Å². The molecule has 1 atom stereocenters. The molecule has 112 valence electrons. The first kappa shape index (κ1) is 14.4. The maximum Gasteiger partial charge on any atom is 0.189 e. The lowest BCUT2D eigenvalue weighted by Gasteiger charge is -2.16. The molecule has 0 aromatic heterocycles. The summed E-state index contributed by atoms with van der Waals surface area (Å²) in [7, 11) is 0. The van der Waals surface area contributed by atoms with E-state index in [1.54, 1.807) is 0 Å².